The molecule has 0 heterocycles. The number of hydrogen-bond acceptors (Lipinski definition) is 5. The van der Waals surface area contributed by atoms with Crippen LogP contribution in [0.15, 0.2) is 25.3 Å². The van der Waals surface area contributed by atoms with Crippen LogP contribution in [0.1, 0.15) is 0 Å². The molecule has 5 nitrogen and oxygen atoms in total. The molecule has 0 aliphatic carbocycles. The van der Waals surface area contributed by atoms with Gasteiger partial charge in [0.25, 0.3) is 0 Å². The van der Waals surface area contributed by atoms with Crippen LogP contribution >= 0.6 is 0 Å². The summed E-state index contributed by atoms with van der Waals surface area (Å²) in [6.45, 7) is 7.12. The molecule has 11 heavy (non-hydrogen) atoms. The zero-order valence-corrected chi connectivity index (χ0v) is 6.02. The number of rotatable bonds is 8. The Hall–Kier alpha value is -0.720. The summed E-state index contributed by atoms with van der Waals surface area (Å²) in [4.78, 5) is 8.58. The van der Waals surface area contributed by atoms with Gasteiger partial charge in [0, 0.05) is 0 Å². The van der Waals surface area contributed by atoms with Crippen molar-refractivity contribution in [1.82, 2.24) is 0 Å². The molecule has 0 amide bonds. The van der Waals surface area contributed by atoms with E-state index < -0.39 is 0 Å². The third-order valence-corrected chi connectivity index (χ3v) is 0.524. The van der Waals surface area contributed by atoms with E-state index in [1.807, 2.05) is 0 Å². The lowest BCUT2D eigenvalue weighted by Crippen LogP contribution is -1.99. The van der Waals surface area contributed by atoms with Gasteiger partial charge >= 0.3 is 0 Å². The molecule has 0 unspecified atom stereocenters. The van der Waals surface area contributed by atoms with Gasteiger partial charge in [0.05, 0.1) is 0 Å². The highest BCUT2D eigenvalue weighted by atomic mass is 17.8. The van der Waals surface area contributed by atoms with Crippen LogP contribution in [0.5, 0.6) is 0 Å². The van der Waals surface area contributed by atoms with Gasteiger partial charge in [-0.25, -0.2) is 0 Å². The minimum Gasteiger partial charge on any atom is -0.200 e. The summed E-state index contributed by atoms with van der Waals surface area (Å²) < 4.78 is 0. The van der Waals surface area contributed by atoms with Crippen LogP contribution in [0, 0.1) is 0 Å². The zero-order valence-electron chi connectivity index (χ0n) is 6.02. The molecule has 0 spiro atoms. The van der Waals surface area contributed by atoms with Crippen molar-refractivity contribution in [3.05, 3.63) is 25.3 Å². The first-order valence-corrected chi connectivity index (χ1v) is 2.88. The van der Waals surface area contributed by atoms with Gasteiger partial charge in [0.2, 0.25) is 0 Å². The van der Waals surface area contributed by atoms with Crippen molar-refractivity contribution in [1.29, 1.82) is 0 Å². The lowest BCUT2D eigenvalue weighted by molar-refractivity contribution is -0.706. The van der Waals surface area contributed by atoms with Crippen LogP contribution < -0.4 is 0 Å². The van der Waals surface area contributed by atoms with E-state index in [0.29, 0.717) is 0 Å². The first-order chi connectivity index (χ1) is 5.41. The smallest absolute Gasteiger partial charge is 0.103 e. The highest BCUT2D eigenvalue weighted by Gasteiger charge is 1.87. The van der Waals surface area contributed by atoms with E-state index in [0.717, 1.165) is 0 Å². The maximum atomic E-state index is 4.29. The molecule has 0 bridgehead atoms. The third-order valence-electron chi connectivity index (χ3n) is 0.524. The molecule has 5 heteroatoms. The first kappa shape index (κ1) is 10.3. The molecule has 0 aromatic rings. The molecule has 0 atom stereocenters. The fourth-order valence-electron chi connectivity index (χ4n) is 0.202. The SMILES string of the molecule is C=CCOOOOOCC=C. The van der Waals surface area contributed by atoms with E-state index in [4.69, 9.17) is 0 Å². The van der Waals surface area contributed by atoms with Gasteiger partial charge in [-0.2, -0.15) is 9.78 Å². The van der Waals surface area contributed by atoms with Crippen LogP contribution in [-0.2, 0) is 24.9 Å². The van der Waals surface area contributed by atoms with Crippen LogP contribution in [0.2, 0.25) is 0 Å². The van der Waals surface area contributed by atoms with Crippen molar-refractivity contribution in [3.8, 4) is 0 Å². The molecule has 0 aliphatic heterocycles. The average molecular weight is 162 g/mol. The summed E-state index contributed by atoms with van der Waals surface area (Å²) in [6.07, 6.45) is 2.96. The molecular weight excluding hydrogens is 152 g/mol. The van der Waals surface area contributed by atoms with Gasteiger partial charge in [0.1, 0.15) is 13.2 Å². The Morgan fingerprint density at radius 1 is 0.818 bits per heavy atom. The van der Waals surface area contributed by atoms with Crippen molar-refractivity contribution in [2.75, 3.05) is 13.2 Å². The summed E-state index contributed by atoms with van der Waals surface area (Å²) in [6, 6.07) is 0. The maximum Gasteiger partial charge on any atom is 0.103 e. The standard InChI is InChI=1S/C6H10O5/c1-3-5-7-9-11-10-8-6-4-2/h3-4H,1-2,5-6H2. The highest BCUT2D eigenvalue weighted by molar-refractivity contribution is 4.62. The molecule has 0 radical (unpaired) electrons. The quantitative estimate of drug-likeness (QED) is 0.231. The van der Waals surface area contributed by atoms with Gasteiger partial charge in [-0.05, 0) is 15.1 Å². The third kappa shape index (κ3) is 9.28. The van der Waals surface area contributed by atoms with Crippen LogP contribution in [0.25, 0.3) is 0 Å². The lowest BCUT2D eigenvalue weighted by Gasteiger charge is -1.97. The molecule has 64 valence electrons. The monoisotopic (exact) mass is 162 g/mol. The van der Waals surface area contributed by atoms with Crippen LogP contribution in [-0.4, -0.2) is 13.2 Å². The molecule has 0 saturated heterocycles. The predicted molar refractivity (Wildman–Crippen MR) is 35.6 cm³/mol. The summed E-state index contributed by atoms with van der Waals surface area (Å²) in [5, 5.41) is 11.8. The van der Waals surface area contributed by atoms with Gasteiger partial charge in [-0.15, -0.1) is 13.2 Å². The summed E-state index contributed by atoms with van der Waals surface area (Å²) in [5.74, 6) is 0. The van der Waals surface area contributed by atoms with E-state index >= 15 is 0 Å². The molecular formula is C6H10O5. The Balaban J connectivity index is 2.79. The summed E-state index contributed by atoms with van der Waals surface area (Å²) >= 11 is 0. The van der Waals surface area contributed by atoms with Gasteiger partial charge in [-0.1, -0.05) is 12.2 Å². The van der Waals surface area contributed by atoms with E-state index in [-0.39, 0.29) is 13.2 Å². The summed E-state index contributed by atoms with van der Waals surface area (Å²) in [5.41, 5.74) is 0. The minimum atomic E-state index is 0.199. The van der Waals surface area contributed by atoms with Gasteiger partial charge in [-0.3, -0.25) is 0 Å². The summed E-state index contributed by atoms with van der Waals surface area (Å²) in [7, 11) is 0. The van der Waals surface area contributed by atoms with Crippen molar-refractivity contribution >= 4 is 0 Å². The minimum absolute atomic E-state index is 0.199. The van der Waals surface area contributed by atoms with Crippen molar-refractivity contribution in [2.45, 2.75) is 0 Å². The van der Waals surface area contributed by atoms with Crippen LogP contribution in [0.3, 0.4) is 0 Å². The second-order valence-corrected chi connectivity index (χ2v) is 1.35. The zero-order chi connectivity index (χ0) is 8.36. The Morgan fingerprint density at radius 2 is 1.27 bits per heavy atom. The number of hydrogen-bond donors (Lipinski definition) is 0. The van der Waals surface area contributed by atoms with Gasteiger partial charge in [0.15, 0.2) is 0 Å². The van der Waals surface area contributed by atoms with Crippen molar-refractivity contribution in [3.63, 3.8) is 0 Å². The molecule has 0 fully saturated rings. The first-order valence-electron chi connectivity index (χ1n) is 2.88. The van der Waals surface area contributed by atoms with Crippen LogP contribution in [0.4, 0.5) is 0 Å². The molecule has 0 aliphatic rings. The van der Waals surface area contributed by atoms with Gasteiger partial charge < -0.3 is 0 Å². The van der Waals surface area contributed by atoms with Crippen molar-refractivity contribution in [2.24, 2.45) is 0 Å². The normalized spacial score (nSPS) is 9.45. The Morgan fingerprint density at radius 3 is 1.64 bits per heavy atom. The van der Waals surface area contributed by atoms with E-state index in [9.17, 15) is 0 Å². The molecule has 0 aromatic heterocycles. The highest BCUT2D eigenvalue weighted by Crippen LogP contribution is 1.85. The largest absolute Gasteiger partial charge is 0.200 e. The van der Waals surface area contributed by atoms with Crippen molar-refractivity contribution < 1.29 is 24.9 Å². The van der Waals surface area contributed by atoms with E-state index in [1.54, 1.807) is 0 Å². The average Bonchev–Trinajstić information content (AvgIpc) is 2.03. The predicted octanol–water partition coefficient (Wildman–Crippen LogP) is 1.10. The molecule has 0 saturated carbocycles. The fraction of sp³-hybridized carbons (Fsp3) is 0.333. The Labute approximate surface area is 64.5 Å². The Bertz CT molecular complexity index is 91.1. The lowest BCUT2D eigenvalue weighted by atomic mass is 10.7. The fourth-order valence-corrected chi connectivity index (χ4v) is 0.202. The van der Waals surface area contributed by atoms with E-state index in [2.05, 4.69) is 38.0 Å². The Kier molecular flexibility index (Phi) is 8.67. The maximum absolute atomic E-state index is 4.29. The van der Waals surface area contributed by atoms with E-state index in [1.165, 1.54) is 12.2 Å². The molecule has 0 aromatic carbocycles. The second-order valence-electron chi connectivity index (χ2n) is 1.35. The topological polar surface area (TPSA) is 46.2 Å². The molecule has 0 N–H and O–H groups in total. The molecule has 0 rings (SSSR count). The second kappa shape index (κ2) is 9.28.